The van der Waals surface area contributed by atoms with Crippen molar-refractivity contribution >= 4 is 11.5 Å². The average molecular weight is 237 g/mol. The molecule has 2 aliphatic rings. The first kappa shape index (κ1) is 11.0. The predicted molar refractivity (Wildman–Crippen MR) is 72.6 cm³/mol. The Labute approximate surface area is 107 Å². The summed E-state index contributed by atoms with van der Waals surface area (Å²) in [6.45, 7) is 3.88. The van der Waals surface area contributed by atoms with E-state index in [0.29, 0.717) is 0 Å². The monoisotopic (exact) mass is 237 g/mol. The summed E-state index contributed by atoms with van der Waals surface area (Å²) in [4.78, 5) is 14.5. The first-order valence-corrected chi connectivity index (χ1v) is 6.11. The Balaban J connectivity index is 2.18. The van der Waals surface area contributed by atoms with Gasteiger partial charge >= 0.3 is 0 Å². The maximum absolute atomic E-state index is 12.5. The molecule has 1 atom stereocenters. The largest absolute Gasteiger partial charge is 0.330 e. The highest BCUT2D eigenvalue weighted by Crippen LogP contribution is 2.41. The number of carbonyl (C=O) groups excluding carboxylic acids is 1. The number of benzene rings is 1. The van der Waals surface area contributed by atoms with E-state index in [1.54, 1.807) is 0 Å². The van der Waals surface area contributed by atoms with Crippen LogP contribution in [0.15, 0.2) is 60.3 Å². The molecule has 2 nitrogen and oxygen atoms in total. The highest BCUT2D eigenvalue weighted by Gasteiger charge is 2.46. The Hall–Kier alpha value is -2.09. The van der Waals surface area contributed by atoms with Crippen molar-refractivity contribution in [2.24, 2.45) is 0 Å². The minimum atomic E-state index is -0.552. The maximum Gasteiger partial charge on any atom is 0.190 e. The van der Waals surface area contributed by atoms with Crippen molar-refractivity contribution in [1.82, 2.24) is 4.90 Å². The highest BCUT2D eigenvalue weighted by molar-refractivity contribution is 6.13. The highest BCUT2D eigenvalue weighted by atomic mass is 16.1. The lowest BCUT2D eigenvalue weighted by Gasteiger charge is -2.34. The van der Waals surface area contributed by atoms with Crippen LogP contribution < -0.4 is 0 Å². The molecule has 1 aromatic carbocycles. The Morgan fingerprint density at radius 2 is 1.83 bits per heavy atom. The standard InChI is InChI=1S/C16H15NO/c1-12-14(13-8-4-3-5-9-13)17-11-7-6-10-16(17,2)15(12)18/h3-11H,1-2H3. The molecule has 0 spiro atoms. The zero-order valence-corrected chi connectivity index (χ0v) is 10.6. The molecule has 0 aliphatic carbocycles. The first-order valence-electron chi connectivity index (χ1n) is 6.11. The van der Waals surface area contributed by atoms with Gasteiger partial charge in [0.15, 0.2) is 5.78 Å². The van der Waals surface area contributed by atoms with E-state index in [0.717, 1.165) is 16.8 Å². The number of nitrogens with zero attached hydrogens (tertiary/aromatic N) is 1. The van der Waals surface area contributed by atoms with Gasteiger partial charge in [-0.3, -0.25) is 4.79 Å². The molecule has 0 saturated carbocycles. The Bertz CT molecular complexity index is 595. The lowest BCUT2D eigenvalue weighted by Crippen LogP contribution is -2.43. The quantitative estimate of drug-likeness (QED) is 0.748. The minimum absolute atomic E-state index is 0.182. The summed E-state index contributed by atoms with van der Waals surface area (Å²) in [5.74, 6) is 0.182. The van der Waals surface area contributed by atoms with E-state index in [1.807, 2.05) is 68.6 Å². The molecule has 0 saturated heterocycles. The van der Waals surface area contributed by atoms with Gasteiger partial charge in [0.05, 0.1) is 5.70 Å². The van der Waals surface area contributed by atoms with Crippen molar-refractivity contribution in [3.05, 3.63) is 65.9 Å². The lowest BCUT2D eigenvalue weighted by molar-refractivity contribution is -0.120. The molecule has 0 bridgehead atoms. The second-order valence-corrected chi connectivity index (χ2v) is 4.89. The van der Waals surface area contributed by atoms with Crippen molar-refractivity contribution in [3.63, 3.8) is 0 Å². The molecule has 0 radical (unpaired) electrons. The Morgan fingerprint density at radius 3 is 2.56 bits per heavy atom. The van der Waals surface area contributed by atoms with Crippen LogP contribution in [0.2, 0.25) is 0 Å². The van der Waals surface area contributed by atoms with Crippen LogP contribution in [-0.4, -0.2) is 16.2 Å². The predicted octanol–water partition coefficient (Wildman–Crippen LogP) is 3.14. The van der Waals surface area contributed by atoms with Crippen LogP contribution in [0, 0.1) is 0 Å². The van der Waals surface area contributed by atoms with Crippen molar-refractivity contribution in [3.8, 4) is 0 Å². The van der Waals surface area contributed by atoms with Gasteiger partial charge in [0.1, 0.15) is 5.54 Å². The molecular formula is C16H15NO. The lowest BCUT2D eigenvalue weighted by atomic mass is 9.93. The number of fused-ring (bicyclic) bond motifs is 1. The topological polar surface area (TPSA) is 20.3 Å². The van der Waals surface area contributed by atoms with Gasteiger partial charge in [0.2, 0.25) is 0 Å². The summed E-state index contributed by atoms with van der Waals surface area (Å²) < 4.78 is 0. The van der Waals surface area contributed by atoms with Gasteiger partial charge in [-0.15, -0.1) is 0 Å². The third kappa shape index (κ3) is 1.32. The number of hydrogen-bond donors (Lipinski definition) is 0. The van der Waals surface area contributed by atoms with E-state index in [9.17, 15) is 4.79 Å². The molecule has 2 heterocycles. The van der Waals surface area contributed by atoms with Crippen LogP contribution in [-0.2, 0) is 4.79 Å². The summed E-state index contributed by atoms with van der Waals surface area (Å²) in [6, 6.07) is 10.1. The van der Waals surface area contributed by atoms with Crippen LogP contribution in [0.1, 0.15) is 19.4 Å². The molecule has 0 aromatic heterocycles. The third-order valence-corrected chi connectivity index (χ3v) is 3.71. The van der Waals surface area contributed by atoms with Gasteiger partial charge < -0.3 is 4.90 Å². The average Bonchev–Trinajstić information content (AvgIpc) is 2.60. The fourth-order valence-electron chi connectivity index (χ4n) is 2.73. The van der Waals surface area contributed by atoms with E-state index >= 15 is 0 Å². The van der Waals surface area contributed by atoms with Crippen LogP contribution in [0.5, 0.6) is 0 Å². The van der Waals surface area contributed by atoms with Gasteiger partial charge in [0.25, 0.3) is 0 Å². The van der Waals surface area contributed by atoms with Gasteiger partial charge in [-0.05, 0) is 25.5 Å². The second-order valence-electron chi connectivity index (χ2n) is 4.89. The molecule has 0 fully saturated rings. The van der Waals surface area contributed by atoms with Gasteiger partial charge in [-0.2, -0.15) is 0 Å². The van der Waals surface area contributed by atoms with Crippen LogP contribution in [0.25, 0.3) is 5.70 Å². The molecule has 3 rings (SSSR count). The fraction of sp³-hybridized carbons (Fsp3) is 0.188. The number of allylic oxidation sites excluding steroid dienone is 2. The van der Waals surface area contributed by atoms with Crippen molar-refractivity contribution in [2.75, 3.05) is 0 Å². The zero-order chi connectivity index (χ0) is 12.8. The third-order valence-electron chi connectivity index (χ3n) is 3.71. The Morgan fingerprint density at radius 1 is 1.11 bits per heavy atom. The maximum atomic E-state index is 12.5. The van der Waals surface area contributed by atoms with E-state index in [4.69, 9.17) is 0 Å². The van der Waals surface area contributed by atoms with Crippen molar-refractivity contribution in [1.29, 1.82) is 0 Å². The van der Waals surface area contributed by atoms with Crippen LogP contribution in [0.3, 0.4) is 0 Å². The number of hydrogen-bond acceptors (Lipinski definition) is 2. The number of carbonyl (C=O) groups is 1. The fourth-order valence-corrected chi connectivity index (χ4v) is 2.73. The molecular weight excluding hydrogens is 222 g/mol. The van der Waals surface area contributed by atoms with Gasteiger partial charge in [-0.1, -0.05) is 42.5 Å². The van der Waals surface area contributed by atoms with E-state index in [2.05, 4.69) is 4.90 Å². The van der Waals surface area contributed by atoms with Crippen molar-refractivity contribution in [2.45, 2.75) is 19.4 Å². The molecule has 1 aromatic rings. The molecule has 90 valence electrons. The van der Waals surface area contributed by atoms with Gasteiger partial charge in [0, 0.05) is 11.8 Å². The second kappa shape index (κ2) is 3.70. The minimum Gasteiger partial charge on any atom is -0.330 e. The number of rotatable bonds is 1. The van der Waals surface area contributed by atoms with Crippen LogP contribution >= 0.6 is 0 Å². The summed E-state index contributed by atoms with van der Waals surface area (Å²) in [7, 11) is 0. The summed E-state index contributed by atoms with van der Waals surface area (Å²) in [5, 5.41) is 0. The van der Waals surface area contributed by atoms with Crippen LogP contribution in [0.4, 0.5) is 0 Å². The molecule has 0 N–H and O–H groups in total. The SMILES string of the molecule is CC1=C(c2ccccc2)N2C=CC=CC2(C)C1=O. The molecule has 0 amide bonds. The van der Waals surface area contributed by atoms with E-state index in [-0.39, 0.29) is 5.78 Å². The van der Waals surface area contributed by atoms with Gasteiger partial charge in [-0.25, -0.2) is 0 Å². The summed E-state index contributed by atoms with van der Waals surface area (Å²) >= 11 is 0. The molecule has 18 heavy (non-hydrogen) atoms. The normalized spacial score (nSPS) is 25.9. The number of ketones is 1. The zero-order valence-electron chi connectivity index (χ0n) is 10.6. The summed E-state index contributed by atoms with van der Waals surface area (Å²) in [5.41, 5.74) is 2.39. The first-order chi connectivity index (χ1) is 8.64. The van der Waals surface area contributed by atoms with E-state index in [1.165, 1.54) is 0 Å². The molecule has 1 unspecified atom stereocenters. The Kier molecular flexibility index (Phi) is 2.27. The molecule has 2 aliphatic heterocycles. The van der Waals surface area contributed by atoms with E-state index < -0.39 is 5.54 Å². The smallest absolute Gasteiger partial charge is 0.190 e. The number of Topliss-reactive ketones (excluding diaryl/α,β-unsaturated/α-hetero) is 1. The van der Waals surface area contributed by atoms with Crippen molar-refractivity contribution < 1.29 is 4.79 Å². The summed E-state index contributed by atoms with van der Waals surface area (Å²) in [6.07, 6.45) is 7.86. The molecule has 2 heteroatoms.